The highest BCUT2D eigenvalue weighted by Gasteiger charge is 2.18. The highest BCUT2D eigenvalue weighted by atomic mass is 79.9. The van der Waals surface area contributed by atoms with Crippen LogP contribution in [0.15, 0.2) is 39.3 Å². The Hall–Kier alpha value is -1.24. The van der Waals surface area contributed by atoms with Gasteiger partial charge in [0.05, 0.1) is 15.8 Å². The molecule has 3 rings (SSSR count). The van der Waals surface area contributed by atoms with Gasteiger partial charge in [-0.05, 0) is 18.2 Å². The summed E-state index contributed by atoms with van der Waals surface area (Å²) in [7, 11) is 0. The Bertz CT molecular complexity index is 883. The molecule has 20 heavy (non-hydrogen) atoms. The van der Waals surface area contributed by atoms with Gasteiger partial charge in [0.15, 0.2) is 0 Å². The second-order valence-corrected chi connectivity index (χ2v) is 6.36. The molecule has 0 aliphatic heterocycles. The zero-order valence-electron chi connectivity index (χ0n) is 9.73. The molecule has 2 aromatic carbocycles. The minimum absolute atomic E-state index is 0.00543. The zero-order chi connectivity index (χ0) is 14.4. The van der Waals surface area contributed by atoms with Crippen molar-refractivity contribution in [1.82, 2.24) is 4.98 Å². The molecule has 0 fully saturated rings. The first-order chi connectivity index (χ1) is 9.47. The van der Waals surface area contributed by atoms with Gasteiger partial charge in [-0.25, -0.2) is 4.98 Å². The summed E-state index contributed by atoms with van der Waals surface area (Å²) in [6.45, 7) is 0. The SMILES string of the molecule is O=[N+]([O-])c1cc(Br)cc2nc(Cl)c3cc(Br)ccc3c12. The molecule has 0 saturated heterocycles. The number of non-ortho nitro benzene ring substituents is 1. The van der Waals surface area contributed by atoms with Crippen LogP contribution in [0, 0.1) is 10.1 Å². The average molecular weight is 416 g/mol. The van der Waals surface area contributed by atoms with Crippen molar-refractivity contribution in [2.24, 2.45) is 0 Å². The van der Waals surface area contributed by atoms with E-state index in [0.29, 0.717) is 31.3 Å². The van der Waals surface area contributed by atoms with Crippen LogP contribution in [-0.2, 0) is 0 Å². The highest BCUT2D eigenvalue weighted by Crippen LogP contribution is 2.37. The number of benzene rings is 2. The molecular weight excluding hydrogens is 411 g/mol. The van der Waals surface area contributed by atoms with Crippen molar-refractivity contribution in [2.75, 3.05) is 0 Å². The lowest BCUT2D eigenvalue weighted by Crippen LogP contribution is -1.93. The molecular formula is C13H5Br2ClN2O2. The molecule has 0 saturated carbocycles. The molecule has 0 aliphatic carbocycles. The summed E-state index contributed by atoms with van der Waals surface area (Å²) in [5.41, 5.74) is 0.497. The van der Waals surface area contributed by atoms with Gasteiger partial charge in [-0.1, -0.05) is 49.5 Å². The normalized spacial score (nSPS) is 11.2. The first-order valence-electron chi connectivity index (χ1n) is 5.50. The number of nitro benzene ring substituents is 1. The topological polar surface area (TPSA) is 56.0 Å². The monoisotopic (exact) mass is 414 g/mol. The molecule has 1 heterocycles. The Kier molecular flexibility index (Phi) is 3.40. The van der Waals surface area contributed by atoms with Crippen molar-refractivity contribution in [3.05, 3.63) is 54.5 Å². The van der Waals surface area contributed by atoms with E-state index in [9.17, 15) is 10.1 Å². The van der Waals surface area contributed by atoms with E-state index in [1.165, 1.54) is 6.07 Å². The summed E-state index contributed by atoms with van der Waals surface area (Å²) >= 11 is 12.8. The van der Waals surface area contributed by atoms with Crippen LogP contribution in [0.25, 0.3) is 21.7 Å². The Morgan fingerprint density at radius 1 is 1.10 bits per heavy atom. The average Bonchev–Trinajstić information content (AvgIpc) is 2.38. The van der Waals surface area contributed by atoms with Crippen LogP contribution in [0.1, 0.15) is 0 Å². The molecule has 0 amide bonds. The van der Waals surface area contributed by atoms with Gasteiger partial charge in [-0.3, -0.25) is 10.1 Å². The van der Waals surface area contributed by atoms with Crippen molar-refractivity contribution in [3.63, 3.8) is 0 Å². The fourth-order valence-electron chi connectivity index (χ4n) is 2.16. The number of halogens is 3. The van der Waals surface area contributed by atoms with E-state index in [2.05, 4.69) is 36.8 Å². The number of nitrogens with zero attached hydrogens (tertiary/aromatic N) is 2. The molecule has 100 valence electrons. The fourth-order valence-corrected chi connectivity index (χ4v) is 3.20. The van der Waals surface area contributed by atoms with Gasteiger partial charge in [-0.15, -0.1) is 0 Å². The van der Waals surface area contributed by atoms with Gasteiger partial charge in [-0.2, -0.15) is 0 Å². The molecule has 4 nitrogen and oxygen atoms in total. The standard InChI is InChI=1S/C13H5Br2ClN2O2/c14-6-1-2-8-9(3-6)13(16)17-10-4-7(15)5-11(12(8)10)18(19)20/h1-5H. The Morgan fingerprint density at radius 2 is 1.85 bits per heavy atom. The molecule has 0 unspecified atom stereocenters. The summed E-state index contributed by atoms with van der Waals surface area (Å²) in [4.78, 5) is 15.1. The summed E-state index contributed by atoms with van der Waals surface area (Å²) < 4.78 is 1.43. The third-order valence-electron chi connectivity index (χ3n) is 2.95. The quantitative estimate of drug-likeness (QED) is 0.229. The third kappa shape index (κ3) is 2.17. The van der Waals surface area contributed by atoms with Gasteiger partial charge in [0.1, 0.15) is 5.15 Å². The lowest BCUT2D eigenvalue weighted by atomic mass is 10.1. The first-order valence-corrected chi connectivity index (χ1v) is 7.46. The number of pyridine rings is 1. The van der Waals surface area contributed by atoms with Gasteiger partial charge in [0.2, 0.25) is 0 Å². The number of fused-ring (bicyclic) bond motifs is 3. The molecule has 0 spiro atoms. The van der Waals surface area contributed by atoms with Crippen molar-refractivity contribution in [1.29, 1.82) is 0 Å². The molecule has 7 heteroatoms. The summed E-state index contributed by atoms with van der Waals surface area (Å²) in [5, 5.41) is 13.5. The van der Waals surface area contributed by atoms with Crippen LogP contribution < -0.4 is 0 Å². The van der Waals surface area contributed by atoms with E-state index in [-0.39, 0.29) is 5.69 Å². The van der Waals surface area contributed by atoms with Crippen molar-refractivity contribution in [2.45, 2.75) is 0 Å². The molecule has 0 aliphatic rings. The van der Waals surface area contributed by atoms with Crippen LogP contribution >= 0.6 is 43.5 Å². The van der Waals surface area contributed by atoms with Crippen LogP contribution in [-0.4, -0.2) is 9.91 Å². The van der Waals surface area contributed by atoms with Gasteiger partial charge in [0, 0.05) is 25.8 Å². The number of nitro groups is 1. The van der Waals surface area contributed by atoms with Crippen LogP contribution in [0.5, 0.6) is 0 Å². The Balaban J connectivity index is 2.61. The van der Waals surface area contributed by atoms with Gasteiger partial charge >= 0.3 is 0 Å². The minimum atomic E-state index is -0.413. The summed E-state index contributed by atoms with van der Waals surface area (Å²) in [6, 6.07) is 8.62. The fraction of sp³-hybridized carbons (Fsp3) is 0. The maximum atomic E-state index is 11.3. The van der Waals surface area contributed by atoms with E-state index in [4.69, 9.17) is 11.6 Å². The maximum absolute atomic E-state index is 11.3. The molecule has 3 aromatic rings. The first kappa shape index (κ1) is 13.7. The predicted molar refractivity (Wildman–Crippen MR) is 86.3 cm³/mol. The largest absolute Gasteiger partial charge is 0.280 e. The van der Waals surface area contributed by atoms with E-state index in [0.717, 1.165) is 4.47 Å². The van der Waals surface area contributed by atoms with E-state index in [1.807, 2.05) is 6.07 Å². The Labute approximate surface area is 135 Å². The molecule has 1 aromatic heterocycles. The van der Waals surface area contributed by atoms with Gasteiger partial charge in [0.25, 0.3) is 5.69 Å². The van der Waals surface area contributed by atoms with E-state index in [1.54, 1.807) is 18.2 Å². The maximum Gasteiger partial charge on any atom is 0.280 e. The van der Waals surface area contributed by atoms with Crippen LogP contribution in [0.2, 0.25) is 5.15 Å². The van der Waals surface area contributed by atoms with Crippen LogP contribution in [0.4, 0.5) is 5.69 Å². The summed E-state index contributed by atoms with van der Waals surface area (Å²) in [6.07, 6.45) is 0. The van der Waals surface area contributed by atoms with Crippen molar-refractivity contribution in [3.8, 4) is 0 Å². The smallest absolute Gasteiger partial charge is 0.258 e. The number of aromatic nitrogens is 1. The summed E-state index contributed by atoms with van der Waals surface area (Å²) in [5.74, 6) is 0. The van der Waals surface area contributed by atoms with Crippen molar-refractivity contribution >= 4 is 70.8 Å². The molecule has 0 bridgehead atoms. The highest BCUT2D eigenvalue weighted by molar-refractivity contribution is 9.10. The molecule has 0 atom stereocenters. The second-order valence-electron chi connectivity index (χ2n) is 4.17. The van der Waals surface area contributed by atoms with Gasteiger partial charge < -0.3 is 0 Å². The predicted octanol–water partition coefficient (Wildman–Crippen LogP) is 5.47. The van der Waals surface area contributed by atoms with E-state index >= 15 is 0 Å². The number of hydrogen-bond acceptors (Lipinski definition) is 3. The third-order valence-corrected chi connectivity index (χ3v) is 4.19. The minimum Gasteiger partial charge on any atom is -0.258 e. The lowest BCUT2D eigenvalue weighted by Gasteiger charge is -2.07. The molecule has 0 radical (unpaired) electrons. The van der Waals surface area contributed by atoms with E-state index < -0.39 is 4.92 Å². The number of hydrogen-bond donors (Lipinski definition) is 0. The number of rotatable bonds is 1. The second kappa shape index (κ2) is 4.95. The van der Waals surface area contributed by atoms with Crippen molar-refractivity contribution < 1.29 is 4.92 Å². The Morgan fingerprint density at radius 3 is 2.55 bits per heavy atom. The zero-order valence-corrected chi connectivity index (χ0v) is 13.7. The van der Waals surface area contributed by atoms with Crippen LogP contribution in [0.3, 0.4) is 0 Å². The molecule has 0 N–H and O–H groups in total. The lowest BCUT2D eigenvalue weighted by molar-refractivity contribution is -0.383.